The molecule has 1 aliphatic heterocycles. The molecule has 1 unspecified atom stereocenters. The Bertz CT molecular complexity index is 440. The molecule has 1 fully saturated rings. The highest BCUT2D eigenvalue weighted by molar-refractivity contribution is 5.79. The molecule has 1 atom stereocenters. The Balaban J connectivity index is 2.35. The molecule has 1 aromatic heterocycles. The second-order valence-corrected chi connectivity index (χ2v) is 5.72. The van der Waals surface area contributed by atoms with E-state index in [1.54, 1.807) is 6.20 Å². The summed E-state index contributed by atoms with van der Waals surface area (Å²) in [4.78, 5) is 17.8. The van der Waals surface area contributed by atoms with Crippen LogP contribution in [0.4, 0.5) is 5.82 Å². The summed E-state index contributed by atoms with van der Waals surface area (Å²) in [5.74, 6) is 0.00264. The molecule has 0 bridgehead atoms. The Morgan fingerprint density at radius 1 is 1.50 bits per heavy atom. The van der Waals surface area contributed by atoms with Crippen molar-refractivity contribution in [2.24, 2.45) is 5.41 Å². The molecule has 0 spiro atoms. The highest BCUT2D eigenvalue weighted by Gasteiger charge is 2.42. The topological polar surface area (TPSA) is 53.4 Å². The highest BCUT2D eigenvalue weighted by atomic mass is 16.4. The van der Waals surface area contributed by atoms with Crippen molar-refractivity contribution in [3.63, 3.8) is 0 Å². The summed E-state index contributed by atoms with van der Waals surface area (Å²) in [5, 5.41) is 9.49. The molecular formula is C14H20N2O2. The number of aliphatic carboxylic acids is 1. The fourth-order valence-electron chi connectivity index (χ4n) is 2.74. The Morgan fingerprint density at radius 3 is 2.78 bits per heavy atom. The molecule has 98 valence electrons. The number of carboxylic acids is 1. The minimum Gasteiger partial charge on any atom is -0.480 e. The van der Waals surface area contributed by atoms with Crippen LogP contribution in [0.3, 0.4) is 0 Å². The van der Waals surface area contributed by atoms with E-state index in [1.807, 2.05) is 37.8 Å². The van der Waals surface area contributed by atoms with Crippen molar-refractivity contribution in [1.29, 1.82) is 0 Å². The summed E-state index contributed by atoms with van der Waals surface area (Å²) in [6, 6.07) is 3.39. The first-order valence-electron chi connectivity index (χ1n) is 6.34. The van der Waals surface area contributed by atoms with Gasteiger partial charge in [0.05, 0.1) is 0 Å². The van der Waals surface area contributed by atoms with Crippen molar-refractivity contribution in [1.82, 2.24) is 4.98 Å². The van der Waals surface area contributed by atoms with Gasteiger partial charge in [-0.25, -0.2) is 9.78 Å². The lowest BCUT2D eigenvalue weighted by atomic mass is 9.76. The number of anilines is 1. The van der Waals surface area contributed by atoms with Crippen molar-refractivity contribution in [3.8, 4) is 0 Å². The SMILES string of the molecule is Cc1ccc(N2CCCC(C)(C)C2C(=O)O)nc1. The van der Waals surface area contributed by atoms with Crippen LogP contribution in [0, 0.1) is 12.3 Å². The Labute approximate surface area is 108 Å². The number of pyridine rings is 1. The molecule has 0 radical (unpaired) electrons. The van der Waals surface area contributed by atoms with Crippen LogP contribution in [0.2, 0.25) is 0 Å². The molecule has 18 heavy (non-hydrogen) atoms. The quantitative estimate of drug-likeness (QED) is 0.873. The Hall–Kier alpha value is -1.58. The molecule has 2 rings (SSSR count). The first-order chi connectivity index (χ1) is 8.42. The first-order valence-corrected chi connectivity index (χ1v) is 6.34. The summed E-state index contributed by atoms with van der Waals surface area (Å²) >= 11 is 0. The van der Waals surface area contributed by atoms with Gasteiger partial charge < -0.3 is 10.0 Å². The van der Waals surface area contributed by atoms with Gasteiger partial charge in [-0.1, -0.05) is 19.9 Å². The number of aromatic nitrogens is 1. The lowest BCUT2D eigenvalue weighted by molar-refractivity contribution is -0.142. The van der Waals surface area contributed by atoms with Gasteiger partial charge in [0.25, 0.3) is 0 Å². The van der Waals surface area contributed by atoms with Gasteiger partial charge in [-0.05, 0) is 36.8 Å². The predicted octanol–water partition coefficient (Wildman–Crippen LogP) is 2.47. The number of hydrogen-bond acceptors (Lipinski definition) is 3. The maximum atomic E-state index is 11.6. The predicted molar refractivity (Wildman–Crippen MR) is 70.8 cm³/mol. The van der Waals surface area contributed by atoms with E-state index in [4.69, 9.17) is 0 Å². The lowest BCUT2D eigenvalue weighted by Gasteiger charge is -2.44. The van der Waals surface area contributed by atoms with E-state index in [0.29, 0.717) is 0 Å². The van der Waals surface area contributed by atoms with Gasteiger partial charge in [-0.2, -0.15) is 0 Å². The maximum Gasteiger partial charge on any atom is 0.326 e. The zero-order valence-corrected chi connectivity index (χ0v) is 11.2. The molecule has 0 aliphatic carbocycles. The molecule has 1 aliphatic rings. The zero-order valence-electron chi connectivity index (χ0n) is 11.2. The number of piperidine rings is 1. The minimum atomic E-state index is -0.762. The monoisotopic (exact) mass is 248 g/mol. The van der Waals surface area contributed by atoms with Crippen molar-refractivity contribution >= 4 is 11.8 Å². The molecule has 4 heteroatoms. The van der Waals surface area contributed by atoms with Crippen LogP contribution in [0.5, 0.6) is 0 Å². The van der Waals surface area contributed by atoms with Gasteiger partial charge >= 0.3 is 5.97 Å². The average Bonchev–Trinajstić information content (AvgIpc) is 2.27. The normalized spacial score (nSPS) is 22.8. The summed E-state index contributed by atoms with van der Waals surface area (Å²) in [6.45, 7) is 6.78. The van der Waals surface area contributed by atoms with Gasteiger partial charge in [-0.15, -0.1) is 0 Å². The molecular weight excluding hydrogens is 228 g/mol. The van der Waals surface area contributed by atoms with E-state index in [2.05, 4.69) is 4.98 Å². The summed E-state index contributed by atoms with van der Waals surface area (Å²) in [5.41, 5.74) is 0.860. The van der Waals surface area contributed by atoms with Gasteiger partial charge in [0.2, 0.25) is 0 Å². The number of carboxylic acid groups (broad SMARTS) is 1. The zero-order chi connectivity index (χ0) is 13.3. The van der Waals surface area contributed by atoms with E-state index < -0.39 is 12.0 Å². The first kappa shape index (κ1) is 12.9. The van der Waals surface area contributed by atoms with Crippen molar-refractivity contribution < 1.29 is 9.90 Å². The average molecular weight is 248 g/mol. The fraction of sp³-hybridized carbons (Fsp3) is 0.571. The van der Waals surface area contributed by atoms with Crippen LogP contribution in [-0.4, -0.2) is 28.6 Å². The van der Waals surface area contributed by atoms with Gasteiger partial charge in [0, 0.05) is 12.7 Å². The molecule has 1 aromatic rings. The van der Waals surface area contributed by atoms with Gasteiger partial charge in [0.15, 0.2) is 0 Å². The minimum absolute atomic E-state index is 0.226. The van der Waals surface area contributed by atoms with Crippen LogP contribution >= 0.6 is 0 Å². The van der Waals surface area contributed by atoms with Crippen molar-refractivity contribution in [2.75, 3.05) is 11.4 Å². The fourth-order valence-corrected chi connectivity index (χ4v) is 2.74. The van der Waals surface area contributed by atoms with E-state index >= 15 is 0 Å². The van der Waals surface area contributed by atoms with Crippen LogP contribution < -0.4 is 4.90 Å². The Morgan fingerprint density at radius 2 is 2.22 bits per heavy atom. The number of aryl methyl sites for hydroxylation is 1. The summed E-state index contributed by atoms with van der Waals surface area (Å²) < 4.78 is 0. The molecule has 1 N–H and O–H groups in total. The smallest absolute Gasteiger partial charge is 0.326 e. The number of carbonyl (C=O) groups is 1. The van der Waals surface area contributed by atoms with E-state index in [-0.39, 0.29) is 5.41 Å². The third-order valence-corrected chi connectivity index (χ3v) is 3.70. The van der Waals surface area contributed by atoms with Gasteiger partial charge in [-0.3, -0.25) is 0 Å². The van der Waals surface area contributed by atoms with Crippen molar-refractivity contribution in [3.05, 3.63) is 23.9 Å². The molecule has 1 saturated heterocycles. The standard InChI is InChI=1S/C14H20N2O2/c1-10-5-6-11(15-9-10)16-8-4-7-14(2,3)12(16)13(17)18/h5-6,9,12H,4,7-8H2,1-3H3,(H,17,18). The maximum absolute atomic E-state index is 11.6. The number of rotatable bonds is 2. The molecule has 2 heterocycles. The van der Waals surface area contributed by atoms with Crippen LogP contribution in [0.1, 0.15) is 32.3 Å². The van der Waals surface area contributed by atoms with E-state index in [9.17, 15) is 9.90 Å². The summed E-state index contributed by atoms with van der Waals surface area (Å²) in [7, 11) is 0. The summed E-state index contributed by atoms with van der Waals surface area (Å²) in [6.07, 6.45) is 3.73. The van der Waals surface area contributed by atoms with Crippen LogP contribution in [0.15, 0.2) is 18.3 Å². The molecule has 4 nitrogen and oxygen atoms in total. The molecule has 0 aromatic carbocycles. The highest BCUT2D eigenvalue weighted by Crippen LogP contribution is 2.37. The third kappa shape index (κ3) is 2.33. The van der Waals surface area contributed by atoms with Crippen LogP contribution in [-0.2, 0) is 4.79 Å². The Kier molecular flexibility index (Phi) is 3.28. The van der Waals surface area contributed by atoms with Gasteiger partial charge in [0.1, 0.15) is 11.9 Å². The van der Waals surface area contributed by atoms with Crippen molar-refractivity contribution in [2.45, 2.75) is 39.7 Å². The largest absolute Gasteiger partial charge is 0.480 e. The second-order valence-electron chi connectivity index (χ2n) is 5.72. The van der Waals surface area contributed by atoms with E-state index in [1.165, 1.54) is 0 Å². The number of hydrogen-bond donors (Lipinski definition) is 1. The number of nitrogens with zero attached hydrogens (tertiary/aromatic N) is 2. The lowest BCUT2D eigenvalue weighted by Crippen LogP contribution is -2.54. The second kappa shape index (κ2) is 4.59. The molecule has 0 saturated carbocycles. The van der Waals surface area contributed by atoms with Crippen LogP contribution in [0.25, 0.3) is 0 Å². The van der Waals surface area contributed by atoms with E-state index in [0.717, 1.165) is 30.8 Å². The molecule has 0 amide bonds. The third-order valence-electron chi connectivity index (χ3n) is 3.70.